The molecule has 128 valence electrons. The van der Waals surface area contributed by atoms with Gasteiger partial charge in [-0.2, -0.15) is 0 Å². The van der Waals surface area contributed by atoms with E-state index >= 15 is 0 Å². The largest absolute Gasteiger partial charge is 0.508 e. The second-order valence-electron chi connectivity index (χ2n) is 6.32. The number of hydrogen-bond donors (Lipinski definition) is 2. The minimum absolute atomic E-state index is 0.296. The molecule has 5 heteroatoms. The van der Waals surface area contributed by atoms with Gasteiger partial charge in [0.1, 0.15) is 11.6 Å². The molecule has 0 saturated carbocycles. The third kappa shape index (κ3) is 4.54. The van der Waals surface area contributed by atoms with Gasteiger partial charge in [-0.15, -0.1) is 0 Å². The molecule has 2 N–H and O–H groups in total. The Morgan fingerprint density at radius 2 is 1.67 bits per heavy atom. The first-order valence-corrected chi connectivity index (χ1v) is 8.26. The standard InChI is InChI=1S/C19H23FN2O2/c20-17-5-2-4-16(12-17)19(24)14-22-9-7-21(8-10-22)13-15-3-1-6-18(23)11-15/h1-6,11-12,19,23-24H,7-10,13-14H2. The van der Waals surface area contributed by atoms with Crippen molar-refractivity contribution in [2.24, 2.45) is 0 Å². The number of phenols is 1. The number of benzene rings is 2. The van der Waals surface area contributed by atoms with E-state index in [1.165, 1.54) is 12.1 Å². The lowest BCUT2D eigenvalue weighted by Gasteiger charge is -2.35. The molecule has 1 saturated heterocycles. The van der Waals surface area contributed by atoms with Gasteiger partial charge in [-0.1, -0.05) is 24.3 Å². The van der Waals surface area contributed by atoms with Gasteiger partial charge in [0.25, 0.3) is 0 Å². The van der Waals surface area contributed by atoms with Gasteiger partial charge in [0.15, 0.2) is 0 Å². The van der Waals surface area contributed by atoms with Crippen molar-refractivity contribution in [3.63, 3.8) is 0 Å². The SMILES string of the molecule is Oc1cccc(CN2CCN(CC(O)c3cccc(F)c3)CC2)c1. The monoisotopic (exact) mass is 330 g/mol. The molecule has 1 aliphatic heterocycles. The van der Waals surface area contributed by atoms with Gasteiger partial charge in [0.05, 0.1) is 6.10 Å². The number of β-amino-alcohol motifs (C(OH)–C–C–N with tert-alkyl or cyclic N) is 1. The number of piperazine rings is 1. The van der Waals surface area contributed by atoms with E-state index in [9.17, 15) is 14.6 Å². The van der Waals surface area contributed by atoms with E-state index in [1.54, 1.807) is 24.3 Å². The molecular weight excluding hydrogens is 307 g/mol. The van der Waals surface area contributed by atoms with Crippen LogP contribution in [-0.4, -0.2) is 52.7 Å². The molecule has 1 atom stereocenters. The molecule has 24 heavy (non-hydrogen) atoms. The number of aliphatic hydroxyl groups is 1. The molecule has 1 heterocycles. The van der Waals surface area contributed by atoms with Crippen molar-refractivity contribution < 1.29 is 14.6 Å². The summed E-state index contributed by atoms with van der Waals surface area (Å²) in [6.07, 6.45) is -0.668. The molecule has 1 fully saturated rings. The van der Waals surface area contributed by atoms with Crippen molar-refractivity contribution in [3.05, 3.63) is 65.5 Å². The van der Waals surface area contributed by atoms with Crippen LogP contribution in [0, 0.1) is 5.82 Å². The van der Waals surface area contributed by atoms with Crippen LogP contribution in [-0.2, 0) is 6.54 Å². The Bertz CT molecular complexity index is 672. The van der Waals surface area contributed by atoms with Crippen LogP contribution in [0.5, 0.6) is 5.75 Å². The van der Waals surface area contributed by atoms with Crippen molar-refractivity contribution in [1.29, 1.82) is 0 Å². The maximum Gasteiger partial charge on any atom is 0.123 e. The highest BCUT2D eigenvalue weighted by Crippen LogP contribution is 2.18. The summed E-state index contributed by atoms with van der Waals surface area (Å²) in [6, 6.07) is 13.5. The Kier molecular flexibility index (Phi) is 5.45. The first-order valence-electron chi connectivity index (χ1n) is 8.26. The highest BCUT2D eigenvalue weighted by Gasteiger charge is 2.20. The number of rotatable bonds is 5. The van der Waals surface area contributed by atoms with Crippen LogP contribution < -0.4 is 0 Å². The summed E-state index contributed by atoms with van der Waals surface area (Å²) in [6.45, 7) is 4.88. The highest BCUT2D eigenvalue weighted by molar-refractivity contribution is 5.27. The van der Waals surface area contributed by atoms with Gasteiger partial charge in [-0.3, -0.25) is 9.80 Å². The third-order valence-corrected chi connectivity index (χ3v) is 4.45. The summed E-state index contributed by atoms with van der Waals surface area (Å²) in [5, 5.41) is 19.8. The van der Waals surface area contributed by atoms with E-state index in [1.807, 2.05) is 12.1 Å². The van der Waals surface area contributed by atoms with Crippen molar-refractivity contribution >= 4 is 0 Å². The van der Waals surface area contributed by atoms with Crippen LogP contribution in [0.1, 0.15) is 17.2 Å². The maximum atomic E-state index is 13.2. The number of halogens is 1. The summed E-state index contributed by atoms with van der Waals surface area (Å²) >= 11 is 0. The second kappa shape index (κ2) is 7.75. The summed E-state index contributed by atoms with van der Waals surface area (Å²) in [5.41, 5.74) is 1.72. The molecule has 1 aliphatic rings. The van der Waals surface area contributed by atoms with Crippen molar-refractivity contribution in [1.82, 2.24) is 9.80 Å². The molecule has 0 aromatic heterocycles. The topological polar surface area (TPSA) is 46.9 Å². The van der Waals surface area contributed by atoms with E-state index in [4.69, 9.17) is 0 Å². The number of aliphatic hydroxyl groups excluding tert-OH is 1. The van der Waals surface area contributed by atoms with Crippen LogP contribution in [0.3, 0.4) is 0 Å². The van der Waals surface area contributed by atoms with E-state index < -0.39 is 6.10 Å². The Morgan fingerprint density at radius 1 is 0.958 bits per heavy atom. The molecule has 0 aliphatic carbocycles. The molecule has 4 nitrogen and oxygen atoms in total. The van der Waals surface area contributed by atoms with E-state index in [2.05, 4.69) is 9.80 Å². The summed E-state index contributed by atoms with van der Waals surface area (Å²) in [4.78, 5) is 4.54. The zero-order chi connectivity index (χ0) is 16.9. The lowest BCUT2D eigenvalue weighted by molar-refractivity contribution is 0.0699. The molecule has 2 aromatic rings. The summed E-state index contributed by atoms with van der Waals surface area (Å²) in [7, 11) is 0. The Morgan fingerprint density at radius 3 is 2.38 bits per heavy atom. The molecule has 2 aromatic carbocycles. The molecule has 0 spiro atoms. The second-order valence-corrected chi connectivity index (χ2v) is 6.32. The van der Waals surface area contributed by atoms with Crippen molar-refractivity contribution in [2.45, 2.75) is 12.6 Å². The lowest BCUT2D eigenvalue weighted by Crippen LogP contribution is -2.47. The molecular formula is C19H23FN2O2. The smallest absolute Gasteiger partial charge is 0.123 e. The average Bonchev–Trinajstić information content (AvgIpc) is 2.57. The summed E-state index contributed by atoms with van der Waals surface area (Å²) < 4.78 is 13.2. The third-order valence-electron chi connectivity index (χ3n) is 4.45. The zero-order valence-electron chi connectivity index (χ0n) is 13.6. The minimum atomic E-state index is -0.668. The fourth-order valence-electron chi connectivity index (χ4n) is 3.11. The molecule has 1 unspecified atom stereocenters. The first-order chi connectivity index (χ1) is 11.6. The fraction of sp³-hybridized carbons (Fsp3) is 0.368. The number of aromatic hydroxyl groups is 1. The number of phenolic OH excluding ortho intramolecular Hbond substituents is 1. The number of nitrogens with zero attached hydrogens (tertiary/aromatic N) is 2. The van der Waals surface area contributed by atoms with E-state index in [-0.39, 0.29) is 5.82 Å². The van der Waals surface area contributed by atoms with Crippen LogP contribution in [0.4, 0.5) is 4.39 Å². The minimum Gasteiger partial charge on any atom is -0.508 e. The quantitative estimate of drug-likeness (QED) is 0.884. The Hall–Kier alpha value is -1.95. The van der Waals surface area contributed by atoms with Crippen LogP contribution in [0.2, 0.25) is 0 Å². The van der Waals surface area contributed by atoms with Gasteiger partial charge >= 0.3 is 0 Å². The molecule has 0 amide bonds. The van der Waals surface area contributed by atoms with Crippen molar-refractivity contribution in [2.75, 3.05) is 32.7 Å². The predicted octanol–water partition coefficient (Wildman–Crippen LogP) is 2.38. The predicted molar refractivity (Wildman–Crippen MR) is 91.2 cm³/mol. The van der Waals surface area contributed by atoms with Crippen LogP contribution in [0.25, 0.3) is 0 Å². The fourth-order valence-corrected chi connectivity index (χ4v) is 3.11. The van der Waals surface area contributed by atoms with E-state index in [0.717, 1.165) is 38.3 Å². The Labute approximate surface area is 141 Å². The maximum absolute atomic E-state index is 13.2. The van der Waals surface area contributed by atoms with Gasteiger partial charge in [-0.25, -0.2) is 4.39 Å². The summed E-state index contributed by atoms with van der Waals surface area (Å²) in [5.74, 6) is -0.0214. The molecule has 3 rings (SSSR count). The van der Waals surface area contributed by atoms with Gasteiger partial charge in [0, 0.05) is 39.3 Å². The van der Waals surface area contributed by atoms with Crippen molar-refractivity contribution in [3.8, 4) is 5.75 Å². The van der Waals surface area contributed by atoms with Gasteiger partial charge < -0.3 is 10.2 Å². The van der Waals surface area contributed by atoms with E-state index in [0.29, 0.717) is 17.9 Å². The zero-order valence-corrected chi connectivity index (χ0v) is 13.6. The van der Waals surface area contributed by atoms with Crippen LogP contribution in [0.15, 0.2) is 48.5 Å². The van der Waals surface area contributed by atoms with Gasteiger partial charge in [0.2, 0.25) is 0 Å². The average molecular weight is 330 g/mol. The molecule has 0 radical (unpaired) electrons. The normalized spacial score (nSPS) is 17.8. The molecule has 0 bridgehead atoms. The lowest BCUT2D eigenvalue weighted by atomic mass is 10.1. The first kappa shape index (κ1) is 16.9. The van der Waals surface area contributed by atoms with Gasteiger partial charge in [-0.05, 0) is 35.4 Å². The Balaban J connectivity index is 1.48. The van der Waals surface area contributed by atoms with Crippen LogP contribution >= 0.6 is 0 Å². The number of hydrogen-bond acceptors (Lipinski definition) is 4. The highest BCUT2D eigenvalue weighted by atomic mass is 19.1.